The number of nitrogen functional groups attached to an aromatic ring is 1. The normalized spacial score (nSPS) is 11.0. The summed E-state index contributed by atoms with van der Waals surface area (Å²) < 4.78 is 13.9. The lowest BCUT2D eigenvalue weighted by Crippen LogP contribution is -1.92. The fourth-order valence-electron chi connectivity index (χ4n) is 1.76. The maximum Gasteiger partial charge on any atom is 0.179 e. The zero-order valence-electron chi connectivity index (χ0n) is 9.11. The molecule has 3 rings (SSSR count). The van der Waals surface area contributed by atoms with Gasteiger partial charge in [-0.2, -0.15) is 0 Å². The highest BCUT2D eigenvalue weighted by Gasteiger charge is 2.11. The van der Waals surface area contributed by atoms with Crippen LogP contribution in [-0.4, -0.2) is 15.0 Å². The van der Waals surface area contributed by atoms with E-state index in [9.17, 15) is 4.39 Å². The van der Waals surface area contributed by atoms with E-state index in [1.165, 1.54) is 12.1 Å². The lowest BCUT2D eigenvalue weighted by atomic mass is 10.1. The van der Waals surface area contributed by atoms with Crippen molar-refractivity contribution in [3.8, 4) is 11.4 Å². The van der Waals surface area contributed by atoms with Crippen molar-refractivity contribution in [3.05, 3.63) is 40.8 Å². The fraction of sp³-hybridized carbons (Fsp3) is 0. The largest absolute Gasteiger partial charge is 0.398 e. The third-order valence-electron chi connectivity index (χ3n) is 2.61. The van der Waals surface area contributed by atoms with Crippen LogP contribution in [0, 0.1) is 5.82 Å². The van der Waals surface area contributed by atoms with Gasteiger partial charge in [0.05, 0.1) is 5.52 Å². The SMILES string of the molecule is Nc1cc(F)ccc1-c1nc2nccc(Br)c2[nH]1. The highest BCUT2D eigenvalue weighted by Crippen LogP contribution is 2.28. The molecule has 0 fully saturated rings. The monoisotopic (exact) mass is 306 g/mol. The Kier molecular flexibility index (Phi) is 2.52. The summed E-state index contributed by atoms with van der Waals surface area (Å²) in [6.07, 6.45) is 1.66. The molecule has 0 saturated heterocycles. The second-order valence-electron chi connectivity index (χ2n) is 3.81. The summed E-state index contributed by atoms with van der Waals surface area (Å²) in [6, 6.07) is 6.03. The number of pyridine rings is 1. The number of rotatable bonds is 1. The first kappa shape index (κ1) is 11.2. The number of halogens is 2. The fourth-order valence-corrected chi connectivity index (χ4v) is 2.15. The lowest BCUT2D eigenvalue weighted by molar-refractivity contribution is 0.628. The minimum atomic E-state index is -0.369. The topological polar surface area (TPSA) is 67.6 Å². The number of anilines is 1. The standard InChI is InChI=1S/C12H8BrFN4/c13-8-3-4-16-12-10(8)17-11(18-12)7-2-1-6(14)5-9(7)15/h1-5H,15H2,(H,16,17,18). The Morgan fingerprint density at radius 3 is 2.83 bits per heavy atom. The molecule has 0 saturated carbocycles. The molecule has 1 aromatic carbocycles. The van der Waals surface area contributed by atoms with Crippen LogP contribution in [0.15, 0.2) is 34.9 Å². The first-order chi connectivity index (χ1) is 8.65. The molecule has 0 bridgehead atoms. The quantitative estimate of drug-likeness (QED) is 0.679. The summed E-state index contributed by atoms with van der Waals surface area (Å²) in [5, 5.41) is 0. The molecule has 18 heavy (non-hydrogen) atoms. The van der Waals surface area contributed by atoms with Gasteiger partial charge in [0.25, 0.3) is 0 Å². The smallest absolute Gasteiger partial charge is 0.179 e. The zero-order chi connectivity index (χ0) is 12.7. The van der Waals surface area contributed by atoms with Crippen molar-refractivity contribution < 1.29 is 4.39 Å². The van der Waals surface area contributed by atoms with Crippen LogP contribution in [0.3, 0.4) is 0 Å². The van der Waals surface area contributed by atoms with Crippen molar-refractivity contribution in [1.82, 2.24) is 15.0 Å². The van der Waals surface area contributed by atoms with Crippen LogP contribution >= 0.6 is 15.9 Å². The van der Waals surface area contributed by atoms with Gasteiger partial charge in [-0.05, 0) is 40.2 Å². The molecule has 0 aliphatic rings. The van der Waals surface area contributed by atoms with E-state index in [2.05, 4.69) is 30.9 Å². The van der Waals surface area contributed by atoms with Crippen LogP contribution in [0.2, 0.25) is 0 Å². The molecule has 3 N–H and O–H groups in total. The highest BCUT2D eigenvalue weighted by molar-refractivity contribution is 9.10. The first-order valence-electron chi connectivity index (χ1n) is 5.21. The van der Waals surface area contributed by atoms with Crippen LogP contribution in [0.5, 0.6) is 0 Å². The molecule has 4 nitrogen and oxygen atoms in total. The number of nitrogens with zero attached hydrogens (tertiary/aromatic N) is 2. The molecule has 0 unspecified atom stereocenters. The van der Waals surface area contributed by atoms with Crippen molar-refractivity contribution in [1.29, 1.82) is 0 Å². The van der Waals surface area contributed by atoms with E-state index in [0.717, 1.165) is 9.99 Å². The number of H-pyrrole nitrogens is 1. The average Bonchev–Trinajstić information content (AvgIpc) is 2.74. The molecular weight excluding hydrogens is 299 g/mol. The highest BCUT2D eigenvalue weighted by atomic mass is 79.9. The summed E-state index contributed by atoms with van der Waals surface area (Å²) in [5.74, 6) is 0.202. The molecule has 2 aromatic heterocycles. The van der Waals surface area contributed by atoms with Crippen LogP contribution in [0.25, 0.3) is 22.6 Å². The minimum Gasteiger partial charge on any atom is -0.398 e. The Morgan fingerprint density at radius 2 is 2.11 bits per heavy atom. The Morgan fingerprint density at radius 1 is 1.28 bits per heavy atom. The van der Waals surface area contributed by atoms with Gasteiger partial charge in [-0.1, -0.05) is 0 Å². The molecule has 0 aliphatic carbocycles. The number of nitrogens with two attached hydrogens (primary N) is 1. The second-order valence-corrected chi connectivity index (χ2v) is 4.66. The zero-order valence-corrected chi connectivity index (χ0v) is 10.7. The van der Waals surface area contributed by atoms with E-state index in [1.807, 2.05) is 6.07 Å². The molecule has 0 atom stereocenters. The number of hydrogen-bond donors (Lipinski definition) is 2. The van der Waals surface area contributed by atoms with E-state index < -0.39 is 0 Å². The molecule has 2 heterocycles. The van der Waals surface area contributed by atoms with Gasteiger partial charge >= 0.3 is 0 Å². The molecular formula is C12H8BrFN4. The van der Waals surface area contributed by atoms with Crippen LogP contribution in [0.1, 0.15) is 0 Å². The number of imidazole rings is 1. The van der Waals surface area contributed by atoms with E-state index in [-0.39, 0.29) is 5.82 Å². The summed E-state index contributed by atoms with van der Waals surface area (Å²) in [7, 11) is 0. The number of aromatic amines is 1. The van der Waals surface area contributed by atoms with Gasteiger partial charge in [-0.25, -0.2) is 14.4 Å². The number of benzene rings is 1. The number of fused-ring (bicyclic) bond motifs is 1. The van der Waals surface area contributed by atoms with Gasteiger partial charge in [0.15, 0.2) is 5.65 Å². The molecule has 0 amide bonds. The first-order valence-corrected chi connectivity index (χ1v) is 6.00. The average molecular weight is 307 g/mol. The Bertz CT molecular complexity index is 738. The summed E-state index contributed by atoms with van der Waals surface area (Å²) in [4.78, 5) is 11.6. The van der Waals surface area contributed by atoms with Gasteiger partial charge in [-0.3, -0.25) is 0 Å². The molecule has 0 aliphatic heterocycles. The van der Waals surface area contributed by atoms with E-state index in [1.54, 1.807) is 12.3 Å². The number of nitrogens with one attached hydrogen (secondary N) is 1. The van der Waals surface area contributed by atoms with Gasteiger partial charge in [0.1, 0.15) is 11.6 Å². The van der Waals surface area contributed by atoms with Crippen molar-refractivity contribution in [2.75, 3.05) is 5.73 Å². The van der Waals surface area contributed by atoms with E-state index in [0.29, 0.717) is 22.7 Å². The molecule has 6 heteroatoms. The number of aromatic nitrogens is 3. The Labute approximate surface area is 110 Å². The predicted octanol–water partition coefficient (Wildman–Crippen LogP) is 3.11. The summed E-state index contributed by atoms with van der Waals surface area (Å²) in [6.45, 7) is 0. The summed E-state index contributed by atoms with van der Waals surface area (Å²) >= 11 is 3.41. The van der Waals surface area contributed by atoms with Crippen molar-refractivity contribution >= 4 is 32.8 Å². The lowest BCUT2D eigenvalue weighted by Gasteiger charge is -2.01. The van der Waals surface area contributed by atoms with Crippen molar-refractivity contribution in [3.63, 3.8) is 0 Å². The summed E-state index contributed by atoms with van der Waals surface area (Å²) in [5.41, 5.74) is 8.15. The molecule has 0 radical (unpaired) electrons. The van der Waals surface area contributed by atoms with E-state index >= 15 is 0 Å². The number of hydrogen-bond acceptors (Lipinski definition) is 3. The molecule has 3 aromatic rings. The van der Waals surface area contributed by atoms with Crippen LogP contribution in [-0.2, 0) is 0 Å². The van der Waals surface area contributed by atoms with Crippen LogP contribution in [0.4, 0.5) is 10.1 Å². The van der Waals surface area contributed by atoms with E-state index in [4.69, 9.17) is 5.73 Å². The third-order valence-corrected chi connectivity index (χ3v) is 3.27. The predicted molar refractivity (Wildman–Crippen MR) is 71.4 cm³/mol. The van der Waals surface area contributed by atoms with Gasteiger partial charge in [-0.15, -0.1) is 0 Å². The molecule has 0 spiro atoms. The van der Waals surface area contributed by atoms with Crippen LogP contribution < -0.4 is 5.73 Å². The minimum absolute atomic E-state index is 0.338. The Balaban J connectivity index is 2.23. The maximum atomic E-state index is 13.0. The second kappa shape index (κ2) is 4.06. The van der Waals surface area contributed by atoms with Crippen molar-refractivity contribution in [2.45, 2.75) is 0 Å². The Hall–Kier alpha value is -1.95. The van der Waals surface area contributed by atoms with Gasteiger partial charge < -0.3 is 10.7 Å². The molecule has 90 valence electrons. The van der Waals surface area contributed by atoms with Gasteiger partial charge in [0, 0.05) is 21.9 Å². The van der Waals surface area contributed by atoms with Gasteiger partial charge in [0.2, 0.25) is 0 Å². The third kappa shape index (κ3) is 1.74. The maximum absolute atomic E-state index is 13.0. The van der Waals surface area contributed by atoms with Crippen molar-refractivity contribution in [2.24, 2.45) is 0 Å².